The summed E-state index contributed by atoms with van der Waals surface area (Å²) in [7, 11) is 0. The van der Waals surface area contributed by atoms with Gasteiger partial charge in [-0.25, -0.2) is 0 Å². The fraction of sp³-hybridized carbons (Fsp3) is 0.538. The van der Waals surface area contributed by atoms with Crippen LogP contribution in [-0.4, -0.2) is 19.8 Å². The second-order valence-corrected chi connectivity index (χ2v) is 5.34. The minimum absolute atomic E-state index is 0.384. The fourth-order valence-electron chi connectivity index (χ4n) is 2.54. The summed E-state index contributed by atoms with van der Waals surface area (Å²) in [6, 6.07) is 4.42. The highest BCUT2D eigenvalue weighted by molar-refractivity contribution is 9.10. The summed E-state index contributed by atoms with van der Waals surface area (Å²) < 4.78 is 12.5. The van der Waals surface area contributed by atoms with E-state index in [0.717, 1.165) is 22.5 Å². The number of ether oxygens (including phenoxy) is 2. The molecule has 3 nitrogen and oxygen atoms in total. The van der Waals surface area contributed by atoms with Gasteiger partial charge in [0, 0.05) is 16.1 Å². The van der Waals surface area contributed by atoms with E-state index in [0.29, 0.717) is 19.3 Å². The highest BCUT2D eigenvalue weighted by Gasteiger charge is 2.25. The smallest absolute Gasteiger partial charge is 0.167 e. The quantitative estimate of drug-likeness (QED) is 0.864. The number of fused-ring (bicyclic) bond motifs is 1. The lowest BCUT2D eigenvalue weighted by Gasteiger charge is -2.29. The number of piperidine rings is 1. The number of hydrogen-bond donors (Lipinski definition) is 1. The molecule has 1 unspecified atom stereocenters. The van der Waals surface area contributed by atoms with Crippen LogP contribution in [0.15, 0.2) is 16.6 Å². The van der Waals surface area contributed by atoms with Gasteiger partial charge < -0.3 is 14.8 Å². The minimum Gasteiger partial charge on any atom is -0.486 e. The number of nitrogens with one attached hydrogen (secondary N) is 1. The van der Waals surface area contributed by atoms with Gasteiger partial charge in [-0.15, -0.1) is 0 Å². The van der Waals surface area contributed by atoms with Crippen LogP contribution >= 0.6 is 15.9 Å². The molecule has 0 spiro atoms. The molecule has 1 atom stereocenters. The Kier molecular flexibility index (Phi) is 3.25. The Hall–Kier alpha value is -0.740. The van der Waals surface area contributed by atoms with Gasteiger partial charge in [-0.1, -0.05) is 22.4 Å². The first-order valence-corrected chi connectivity index (χ1v) is 6.97. The lowest BCUT2D eigenvalue weighted by molar-refractivity contribution is 0.167. The van der Waals surface area contributed by atoms with Gasteiger partial charge in [0.15, 0.2) is 11.5 Å². The van der Waals surface area contributed by atoms with Crippen molar-refractivity contribution in [3.63, 3.8) is 0 Å². The normalized spacial score (nSPS) is 23.5. The first kappa shape index (κ1) is 11.4. The molecule has 3 rings (SSSR count). The highest BCUT2D eigenvalue weighted by atomic mass is 79.9. The van der Waals surface area contributed by atoms with Crippen LogP contribution in [0.2, 0.25) is 0 Å². The van der Waals surface area contributed by atoms with Crippen molar-refractivity contribution in [2.45, 2.75) is 25.3 Å². The van der Waals surface area contributed by atoms with Crippen LogP contribution in [0.3, 0.4) is 0 Å². The van der Waals surface area contributed by atoms with E-state index in [4.69, 9.17) is 9.47 Å². The molecule has 17 heavy (non-hydrogen) atoms. The first-order chi connectivity index (χ1) is 8.36. The molecule has 92 valence electrons. The van der Waals surface area contributed by atoms with Gasteiger partial charge in [-0.2, -0.15) is 0 Å². The summed E-state index contributed by atoms with van der Waals surface area (Å²) in [6.07, 6.45) is 3.70. The molecule has 0 saturated carbocycles. The van der Waals surface area contributed by atoms with E-state index in [1.165, 1.54) is 24.8 Å². The number of halogens is 1. The van der Waals surface area contributed by atoms with E-state index in [2.05, 4.69) is 27.3 Å². The summed E-state index contributed by atoms with van der Waals surface area (Å²) in [5.41, 5.74) is 1.22. The van der Waals surface area contributed by atoms with Crippen molar-refractivity contribution >= 4 is 15.9 Å². The monoisotopic (exact) mass is 297 g/mol. The zero-order valence-corrected chi connectivity index (χ0v) is 11.3. The van der Waals surface area contributed by atoms with Crippen molar-refractivity contribution in [1.29, 1.82) is 0 Å². The lowest BCUT2D eigenvalue weighted by atomic mass is 9.96. The molecule has 1 fully saturated rings. The average molecular weight is 298 g/mol. The van der Waals surface area contributed by atoms with Gasteiger partial charge in [0.1, 0.15) is 13.2 Å². The Labute approximate surface area is 110 Å². The minimum atomic E-state index is 0.384. The Morgan fingerprint density at radius 1 is 1.18 bits per heavy atom. The maximum absolute atomic E-state index is 5.79. The first-order valence-electron chi connectivity index (χ1n) is 6.17. The topological polar surface area (TPSA) is 30.5 Å². The second kappa shape index (κ2) is 4.86. The van der Waals surface area contributed by atoms with Crippen molar-refractivity contribution in [2.75, 3.05) is 19.8 Å². The Balaban J connectivity index is 2.01. The summed E-state index contributed by atoms with van der Waals surface area (Å²) in [6.45, 7) is 2.37. The molecule has 0 radical (unpaired) electrons. The summed E-state index contributed by atoms with van der Waals surface area (Å²) in [5.74, 6) is 1.80. The molecule has 1 aromatic carbocycles. The van der Waals surface area contributed by atoms with E-state index < -0.39 is 0 Å². The maximum Gasteiger partial charge on any atom is 0.167 e. The van der Waals surface area contributed by atoms with Crippen LogP contribution in [0.5, 0.6) is 11.5 Å². The number of hydrogen-bond acceptors (Lipinski definition) is 3. The van der Waals surface area contributed by atoms with E-state index in [9.17, 15) is 0 Å². The highest BCUT2D eigenvalue weighted by Crippen LogP contribution is 2.43. The molecular formula is C13H16BrNO2. The predicted molar refractivity (Wildman–Crippen MR) is 69.7 cm³/mol. The van der Waals surface area contributed by atoms with Crippen molar-refractivity contribution < 1.29 is 9.47 Å². The Morgan fingerprint density at radius 2 is 2.06 bits per heavy atom. The molecule has 2 aliphatic rings. The van der Waals surface area contributed by atoms with E-state index in [-0.39, 0.29) is 0 Å². The molecule has 2 heterocycles. The van der Waals surface area contributed by atoms with Gasteiger partial charge in [0.05, 0.1) is 0 Å². The van der Waals surface area contributed by atoms with E-state index >= 15 is 0 Å². The molecule has 1 N–H and O–H groups in total. The zero-order chi connectivity index (χ0) is 11.7. The van der Waals surface area contributed by atoms with Crippen LogP contribution < -0.4 is 14.8 Å². The standard InChI is InChI=1S/C13H16BrNO2/c14-9-4-5-11-13(17-8-7-16-11)12(9)10-3-1-2-6-15-10/h4-5,10,15H,1-3,6-8H2. The Morgan fingerprint density at radius 3 is 2.88 bits per heavy atom. The molecule has 1 aromatic rings. The number of rotatable bonds is 1. The van der Waals surface area contributed by atoms with Gasteiger partial charge >= 0.3 is 0 Å². The molecule has 0 aromatic heterocycles. The lowest BCUT2D eigenvalue weighted by Crippen LogP contribution is -2.28. The molecule has 4 heteroatoms. The SMILES string of the molecule is Brc1ccc2c(c1C1CCCCN1)OCCO2. The van der Waals surface area contributed by atoms with Crippen LogP contribution in [0.25, 0.3) is 0 Å². The molecule has 2 aliphatic heterocycles. The second-order valence-electron chi connectivity index (χ2n) is 4.49. The summed E-state index contributed by atoms with van der Waals surface area (Å²) >= 11 is 3.64. The average Bonchev–Trinajstić information content (AvgIpc) is 2.39. The zero-order valence-electron chi connectivity index (χ0n) is 9.67. The predicted octanol–water partition coefficient (Wildman–Crippen LogP) is 3.03. The molecular weight excluding hydrogens is 282 g/mol. The third kappa shape index (κ3) is 2.16. The fourth-order valence-corrected chi connectivity index (χ4v) is 3.12. The number of benzene rings is 1. The third-order valence-corrected chi connectivity index (χ3v) is 4.04. The Bertz CT molecular complexity index is 416. The van der Waals surface area contributed by atoms with Gasteiger partial charge in [-0.05, 0) is 31.5 Å². The van der Waals surface area contributed by atoms with Crippen molar-refractivity contribution in [1.82, 2.24) is 5.32 Å². The summed E-state index contributed by atoms with van der Waals surface area (Å²) in [4.78, 5) is 0. The van der Waals surface area contributed by atoms with Crippen LogP contribution in [-0.2, 0) is 0 Å². The molecule has 0 amide bonds. The largest absolute Gasteiger partial charge is 0.486 e. The summed E-state index contributed by atoms with van der Waals surface area (Å²) in [5, 5.41) is 3.56. The van der Waals surface area contributed by atoms with E-state index in [1.54, 1.807) is 0 Å². The van der Waals surface area contributed by atoms with Crippen molar-refractivity contribution in [3.05, 3.63) is 22.2 Å². The van der Waals surface area contributed by atoms with Crippen LogP contribution in [0, 0.1) is 0 Å². The van der Waals surface area contributed by atoms with Crippen LogP contribution in [0.4, 0.5) is 0 Å². The molecule has 0 bridgehead atoms. The molecule has 1 saturated heterocycles. The third-order valence-electron chi connectivity index (χ3n) is 3.35. The van der Waals surface area contributed by atoms with Gasteiger partial charge in [0.2, 0.25) is 0 Å². The molecule has 0 aliphatic carbocycles. The van der Waals surface area contributed by atoms with Crippen LogP contribution in [0.1, 0.15) is 30.9 Å². The van der Waals surface area contributed by atoms with Gasteiger partial charge in [0.25, 0.3) is 0 Å². The van der Waals surface area contributed by atoms with Crippen molar-refractivity contribution in [2.24, 2.45) is 0 Å². The van der Waals surface area contributed by atoms with Crippen molar-refractivity contribution in [3.8, 4) is 11.5 Å². The maximum atomic E-state index is 5.79. The van der Waals surface area contributed by atoms with E-state index in [1.807, 2.05) is 6.07 Å². The van der Waals surface area contributed by atoms with Gasteiger partial charge in [-0.3, -0.25) is 0 Å².